The Morgan fingerprint density at radius 2 is 2.20 bits per heavy atom. The zero-order valence-electron chi connectivity index (χ0n) is 11.6. The summed E-state index contributed by atoms with van der Waals surface area (Å²) in [4.78, 5) is 25.0. The Balaban J connectivity index is 1.88. The fourth-order valence-corrected chi connectivity index (χ4v) is 2.40. The van der Waals surface area contributed by atoms with Gasteiger partial charge in [0.1, 0.15) is 0 Å². The number of anilines is 2. The molecule has 0 radical (unpaired) electrons. The number of nitrogens with zero attached hydrogens (tertiary/aromatic N) is 1. The van der Waals surface area contributed by atoms with Gasteiger partial charge in [-0.3, -0.25) is 14.5 Å². The number of benzene rings is 1. The largest absolute Gasteiger partial charge is 0.397 e. The number of hydrogen-bond acceptors (Lipinski definition) is 4. The van der Waals surface area contributed by atoms with Crippen LogP contribution in [0.25, 0.3) is 0 Å². The SMILES string of the molecule is Cc1ccc(NC(=O)CN2CCC(C(N)=O)C2)c(N)c1. The fraction of sp³-hybridized carbons (Fsp3) is 0.429. The first kappa shape index (κ1) is 14.3. The van der Waals surface area contributed by atoms with Crippen LogP contribution in [0, 0.1) is 12.8 Å². The van der Waals surface area contributed by atoms with Crippen LogP contribution < -0.4 is 16.8 Å². The van der Waals surface area contributed by atoms with Gasteiger partial charge in [-0.15, -0.1) is 0 Å². The zero-order valence-corrected chi connectivity index (χ0v) is 11.6. The summed E-state index contributed by atoms with van der Waals surface area (Å²) < 4.78 is 0. The Morgan fingerprint density at radius 3 is 2.80 bits per heavy atom. The van der Waals surface area contributed by atoms with Crippen molar-refractivity contribution in [1.82, 2.24) is 4.90 Å². The summed E-state index contributed by atoms with van der Waals surface area (Å²) in [5.41, 5.74) is 13.3. The number of rotatable bonds is 4. The Hall–Kier alpha value is -2.08. The highest BCUT2D eigenvalue weighted by molar-refractivity contribution is 5.95. The van der Waals surface area contributed by atoms with Gasteiger partial charge in [0.05, 0.1) is 23.8 Å². The Labute approximate surface area is 118 Å². The molecule has 6 heteroatoms. The minimum absolute atomic E-state index is 0.134. The van der Waals surface area contributed by atoms with Crippen molar-refractivity contribution in [2.75, 3.05) is 30.7 Å². The number of aryl methyl sites for hydroxylation is 1. The molecule has 1 unspecified atom stereocenters. The first-order valence-corrected chi connectivity index (χ1v) is 6.63. The predicted octanol–water partition coefficient (Wildman–Crippen LogP) is 0.323. The molecule has 1 heterocycles. The van der Waals surface area contributed by atoms with Gasteiger partial charge in [0.2, 0.25) is 11.8 Å². The molecular formula is C14H20N4O2. The van der Waals surface area contributed by atoms with Gasteiger partial charge in [-0.25, -0.2) is 0 Å². The summed E-state index contributed by atoms with van der Waals surface area (Å²) in [6, 6.07) is 5.50. The maximum atomic E-state index is 12.0. The number of hydrogen-bond donors (Lipinski definition) is 3. The molecule has 0 aliphatic carbocycles. The number of carbonyl (C=O) groups is 2. The molecule has 1 aromatic rings. The van der Waals surface area contributed by atoms with Gasteiger partial charge in [-0.2, -0.15) is 0 Å². The third kappa shape index (κ3) is 3.48. The van der Waals surface area contributed by atoms with E-state index < -0.39 is 0 Å². The molecule has 0 spiro atoms. The molecule has 1 fully saturated rings. The predicted molar refractivity (Wildman–Crippen MR) is 78.0 cm³/mol. The van der Waals surface area contributed by atoms with Crippen molar-refractivity contribution in [3.05, 3.63) is 23.8 Å². The van der Waals surface area contributed by atoms with E-state index in [-0.39, 0.29) is 24.3 Å². The first-order chi connectivity index (χ1) is 9.45. The van der Waals surface area contributed by atoms with E-state index in [9.17, 15) is 9.59 Å². The van der Waals surface area contributed by atoms with Crippen LogP contribution in [-0.2, 0) is 9.59 Å². The number of carbonyl (C=O) groups excluding carboxylic acids is 2. The van der Waals surface area contributed by atoms with Crippen molar-refractivity contribution >= 4 is 23.2 Å². The van der Waals surface area contributed by atoms with E-state index in [4.69, 9.17) is 11.5 Å². The third-order valence-electron chi connectivity index (χ3n) is 3.52. The van der Waals surface area contributed by atoms with Gasteiger partial charge < -0.3 is 16.8 Å². The molecule has 2 amide bonds. The molecule has 1 atom stereocenters. The van der Waals surface area contributed by atoms with Crippen LogP contribution in [0.2, 0.25) is 0 Å². The van der Waals surface area contributed by atoms with Gasteiger partial charge in [-0.05, 0) is 37.6 Å². The molecule has 6 nitrogen and oxygen atoms in total. The Morgan fingerprint density at radius 1 is 1.45 bits per heavy atom. The third-order valence-corrected chi connectivity index (χ3v) is 3.52. The average Bonchev–Trinajstić information content (AvgIpc) is 2.81. The molecule has 2 rings (SSSR count). The second kappa shape index (κ2) is 5.92. The summed E-state index contributed by atoms with van der Waals surface area (Å²) in [5.74, 6) is -0.575. The minimum atomic E-state index is -0.296. The summed E-state index contributed by atoms with van der Waals surface area (Å²) in [6.45, 7) is 3.45. The van der Waals surface area contributed by atoms with E-state index in [1.54, 1.807) is 6.07 Å². The highest BCUT2D eigenvalue weighted by Crippen LogP contribution is 2.20. The lowest BCUT2D eigenvalue weighted by Gasteiger charge is -2.15. The lowest BCUT2D eigenvalue weighted by molar-refractivity contribution is -0.122. The van der Waals surface area contributed by atoms with Gasteiger partial charge in [0.25, 0.3) is 0 Å². The van der Waals surface area contributed by atoms with Crippen molar-refractivity contribution in [3.63, 3.8) is 0 Å². The van der Waals surface area contributed by atoms with Crippen molar-refractivity contribution in [2.24, 2.45) is 11.7 Å². The monoisotopic (exact) mass is 276 g/mol. The quantitative estimate of drug-likeness (QED) is 0.689. The second-order valence-electron chi connectivity index (χ2n) is 5.26. The van der Waals surface area contributed by atoms with E-state index in [1.165, 1.54) is 0 Å². The van der Waals surface area contributed by atoms with Crippen LogP contribution in [-0.4, -0.2) is 36.3 Å². The smallest absolute Gasteiger partial charge is 0.238 e. The van der Waals surface area contributed by atoms with Crippen molar-refractivity contribution < 1.29 is 9.59 Å². The van der Waals surface area contributed by atoms with Crippen molar-refractivity contribution in [2.45, 2.75) is 13.3 Å². The van der Waals surface area contributed by atoms with Crippen LogP contribution >= 0.6 is 0 Å². The van der Waals surface area contributed by atoms with Crippen molar-refractivity contribution in [1.29, 1.82) is 0 Å². The number of nitrogens with two attached hydrogens (primary N) is 2. The summed E-state index contributed by atoms with van der Waals surface area (Å²) in [5, 5.41) is 2.79. The lowest BCUT2D eigenvalue weighted by Crippen LogP contribution is -2.33. The van der Waals surface area contributed by atoms with Crippen LogP contribution in [0.3, 0.4) is 0 Å². The fourth-order valence-electron chi connectivity index (χ4n) is 2.40. The molecule has 1 saturated heterocycles. The topological polar surface area (TPSA) is 101 Å². The van der Waals surface area contributed by atoms with E-state index in [2.05, 4.69) is 5.32 Å². The number of amides is 2. The maximum Gasteiger partial charge on any atom is 0.238 e. The number of likely N-dealkylation sites (tertiary alicyclic amines) is 1. The second-order valence-corrected chi connectivity index (χ2v) is 5.26. The summed E-state index contributed by atoms with van der Waals surface area (Å²) >= 11 is 0. The number of primary amides is 1. The molecule has 0 aromatic heterocycles. The van der Waals surface area contributed by atoms with Crippen molar-refractivity contribution in [3.8, 4) is 0 Å². The average molecular weight is 276 g/mol. The zero-order chi connectivity index (χ0) is 14.7. The Bertz CT molecular complexity index is 530. The molecule has 1 aromatic carbocycles. The van der Waals surface area contributed by atoms with Gasteiger partial charge in [0, 0.05) is 6.54 Å². The van der Waals surface area contributed by atoms with Crippen LogP contribution in [0.15, 0.2) is 18.2 Å². The molecule has 1 aliphatic rings. The highest BCUT2D eigenvalue weighted by atomic mass is 16.2. The first-order valence-electron chi connectivity index (χ1n) is 6.63. The van der Waals surface area contributed by atoms with Gasteiger partial charge >= 0.3 is 0 Å². The minimum Gasteiger partial charge on any atom is -0.397 e. The van der Waals surface area contributed by atoms with E-state index in [0.29, 0.717) is 24.5 Å². The standard InChI is InChI=1S/C14H20N4O2/c1-9-2-3-12(11(15)6-9)17-13(19)8-18-5-4-10(7-18)14(16)20/h2-3,6,10H,4-5,7-8,15H2,1H3,(H2,16,20)(H,17,19). The van der Waals surface area contributed by atoms with Gasteiger partial charge in [0.15, 0.2) is 0 Å². The molecule has 0 saturated carbocycles. The number of nitrogens with one attached hydrogen (secondary N) is 1. The molecule has 108 valence electrons. The molecular weight excluding hydrogens is 256 g/mol. The normalized spacial score (nSPS) is 18.9. The van der Waals surface area contributed by atoms with Gasteiger partial charge in [-0.1, -0.05) is 6.07 Å². The molecule has 5 N–H and O–H groups in total. The van der Waals surface area contributed by atoms with E-state index >= 15 is 0 Å². The van der Waals surface area contributed by atoms with E-state index in [1.807, 2.05) is 24.0 Å². The molecule has 0 bridgehead atoms. The van der Waals surface area contributed by atoms with Crippen LogP contribution in [0.5, 0.6) is 0 Å². The van der Waals surface area contributed by atoms with E-state index in [0.717, 1.165) is 12.0 Å². The van der Waals surface area contributed by atoms with Crippen LogP contribution in [0.1, 0.15) is 12.0 Å². The maximum absolute atomic E-state index is 12.0. The van der Waals surface area contributed by atoms with Crippen LogP contribution in [0.4, 0.5) is 11.4 Å². The highest BCUT2D eigenvalue weighted by Gasteiger charge is 2.27. The molecule has 1 aliphatic heterocycles. The molecule has 20 heavy (non-hydrogen) atoms. The lowest BCUT2D eigenvalue weighted by atomic mass is 10.1. The summed E-state index contributed by atoms with van der Waals surface area (Å²) in [6.07, 6.45) is 0.718. The number of nitrogen functional groups attached to an aromatic ring is 1. The summed E-state index contributed by atoms with van der Waals surface area (Å²) in [7, 11) is 0. The Kier molecular flexibility index (Phi) is 4.24.